The van der Waals surface area contributed by atoms with Gasteiger partial charge < -0.3 is 34.7 Å². The second kappa shape index (κ2) is 9.30. The first-order valence-electron chi connectivity index (χ1n) is 10.4. The van der Waals surface area contributed by atoms with Crippen molar-refractivity contribution >= 4 is 16.9 Å². The highest BCUT2D eigenvalue weighted by molar-refractivity contribution is 5.92. The van der Waals surface area contributed by atoms with Crippen LogP contribution in [0.2, 0.25) is 0 Å². The van der Waals surface area contributed by atoms with E-state index in [1.54, 1.807) is 0 Å². The number of halogens is 3. The molecule has 192 valence electrons. The molecule has 1 aromatic heterocycles. The maximum absolute atomic E-state index is 14.1. The van der Waals surface area contributed by atoms with E-state index in [1.165, 1.54) is 0 Å². The Morgan fingerprint density at radius 3 is 2.16 bits per heavy atom. The molecule has 0 spiro atoms. The van der Waals surface area contributed by atoms with Crippen molar-refractivity contribution in [2.45, 2.75) is 12.3 Å². The highest BCUT2D eigenvalue weighted by atomic mass is 19.2. The van der Waals surface area contributed by atoms with Crippen LogP contribution in [0, 0.1) is 17.5 Å². The van der Waals surface area contributed by atoms with Gasteiger partial charge in [-0.15, -0.1) is 0 Å². The lowest BCUT2D eigenvalue weighted by molar-refractivity contribution is -0.140. The van der Waals surface area contributed by atoms with Gasteiger partial charge >= 0.3 is 5.97 Å². The molecule has 0 aliphatic rings. The van der Waals surface area contributed by atoms with Crippen LogP contribution in [-0.2, 0) is 9.53 Å². The number of hydrogen-bond acceptors (Lipinski definition) is 9. The highest BCUT2D eigenvalue weighted by Crippen LogP contribution is 2.45. The summed E-state index contributed by atoms with van der Waals surface area (Å²) in [6.45, 7) is 0. The molecule has 4 aromatic rings. The molecule has 12 heteroatoms. The second-order valence-corrected chi connectivity index (χ2v) is 7.98. The van der Waals surface area contributed by atoms with Gasteiger partial charge in [-0.3, -0.25) is 9.59 Å². The molecule has 0 aliphatic heterocycles. The number of benzene rings is 3. The molecule has 0 radical (unpaired) electrons. The molecular weight excluding hydrogens is 501 g/mol. The minimum absolute atomic E-state index is 0.121. The number of fused-ring (bicyclic) bond motifs is 1. The SMILES string of the molecule is COC(=O)C[C@@H](c1cc(F)c(F)c(F)c1)c1c(O)cc(O)c2c(=O)c(O)c(-c3ccc(O)c(O)c3)oc12. The first-order valence-corrected chi connectivity index (χ1v) is 10.4. The van der Waals surface area contributed by atoms with E-state index >= 15 is 0 Å². The molecule has 9 nitrogen and oxygen atoms in total. The zero-order valence-electron chi connectivity index (χ0n) is 18.8. The number of hydrogen-bond donors (Lipinski definition) is 5. The van der Waals surface area contributed by atoms with Crippen LogP contribution < -0.4 is 5.43 Å². The van der Waals surface area contributed by atoms with E-state index in [9.17, 15) is 48.3 Å². The number of ether oxygens (including phenoxy) is 1. The Morgan fingerprint density at radius 2 is 1.57 bits per heavy atom. The van der Waals surface area contributed by atoms with Crippen LogP contribution >= 0.6 is 0 Å². The van der Waals surface area contributed by atoms with Crippen LogP contribution in [0.4, 0.5) is 13.2 Å². The lowest BCUT2D eigenvalue weighted by Gasteiger charge is -2.21. The summed E-state index contributed by atoms with van der Waals surface area (Å²) in [7, 11) is 1.02. The number of methoxy groups -OCH3 is 1. The number of aromatic hydroxyl groups is 5. The molecule has 0 fully saturated rings. The van der Waals surface area contributed by atoms with Crippen molar-refractivity contribution in [3.63, 3.8) is 0 Å². The van der Waals surface area contributed by atoms with Crippen LogP contribution in [0.3, 0.4) is 0 Å². The smallest absolute Gasteiger partial charge is 0.306 e. The molecular formula is C25H17F3O9. The van der Waals surface area contributed by atoms with Crippen molar-refractivity contribution in [2.24, 2.45) is 0 Å². The molecule has 0 aliphatic carbocycles. The summed E-state index contributed by atoms with van der Waals surface area (Å²) in [6, 6.07) is 4.97. The molecule has 0 unspecified atom stereocenters. The average molecular weight is 518 g/mol. The van der Waals surface area contributed by atoms with Crippen LogP contribution in [0.1, 0.15) is 23.5 Å². The molecule has 37 heavy (non-hydrogen) atoms. The van der Waals surface area contributed by atoms with Gasteiger partial charge in [-0.25, -0.2) is 13.2 Å². The first-order chi connectivity index (χ1) is 17.4. The van der Waals surface area contributed by atoms with Gasteiger partial charge in [0.25, 0.3) is 0 Å². The van der Waals surface area contributed by atoms with E-state index < -0.39 is 92.2 Å². The van der Waals surface area contributed by atoms with E-state index in [2.05, 4.69) is 4.74 Å². The lowest BCUT2D eigenvalue weighted by atomic mass is 9.86. The topological polar surface area (TPSA) is 158 Å². The van der Waals surface area contributed by atoms with Crippen LogP contribution in [-0.4, -0.2) is 38.6 Å². The summed E-state index contributed by atoms with van der Waals surface area (Å²) in [5.74, 6) is -11.8. The Kier molecular flexibility index (Phi) is 6.34. The van der Waals surface area contributed by atoms with Gasteiger partial charge in [0, 0.05) is 23.1 Å². The number of carbonyl (C=O) groups excluding carboxylic acids is 1. The van der Waals surface area contributed by atoms with Gasteiger partial charge in [0.15, 0.2) is 34.7 Å². The van der Waals surface area contributed by atoms with Crippen molar-refractivity contribution in [1.82, 2.24) is 0 Å². The molecule has 1 heterocycles. The summed E-state index contributed by atoms with van der Waals surface area (Å²) in [6.07, 6.45) is -0.686. The molecule has 0 amide bonds. The third-order valence-electron chi connectivity index (χ3n) is 5.73. The molecule has 4 rings (SSSR count). The predicted molar refractivity (Wildman–Crippen MR) is 121 cm³/mol. The van der Waals surface area contributed by atoms with Gasteiger partial charge in [0.05, 0.1) is 13.5 Å². The van der Waals surface area contributed by atoms with Gasteiger partial charge in [0.2, 0.25) is 11.2 Å². The van der Waals surface area contributed by atoms with Crippen molar-refractivity contribution in [1.29, 1.82) is 0 Å². The average Bonchev–Trinajstić information content (AvgIpc) is 2.84. The van der Waals surface area contributed by atoms with Gasteiger partial charge in [0.1, 0.15) is 22.5 Å². The van der Waals surface area contributed by atoms with Crippen molar-refractivity contribution in [3.05, 3.63) is 75.2 Å². The number of rotatable bonds is 5. The number of carbonyl (C=O) groups is 1. The van der Waals surface area contributed by atoms with Crippen molar-refractivity contribution in [3.8, 4) is 40.1 Å². The van der Waals surface area contributed by atoms with Gasteiger partial charge in [-0.2, -0.15) is 0 Å². The van der Waals surface area contributed by atoms with Gasteiger partial charge in [-0.05, 0) is 35.9 Å². The summed E-state index contributed by atoms with van der Waals surface area (Å²) in [4.78, 5) is 25.2. The summed E-state index contributed by atoms with van der Waals surface area (Å²) < 4.78 is 52.1. The summed E-state index contributed by atoms with van der Waals surface area (Å²) >= 11 is 0. The van der Waals surface area contributed by atoms with Crippen molar-refractivity contribution in [2.75, 3.05) is 7.11 Å². The molecule has 5 N–H and O–H groups in total. The maximum Gasteiger partial charge on any atom is 0.306 e. The van der Waals surface area contributed by atoms with E-state index in [-0.39, 0.29) is 11.1 Å². The third kappa shape index (κ3) is 4.33. The van der Waals surface area contributed by atoms with Gasteiger partial charge in [-0.1, -0.05) is 0 Å². The predicted octanol–water partition coefficient (Wildman–Crippen LogP) is 4.10. The van der Waals surface area contributed by atoms with E-state index in [1.807, 2.05) is 0 Å². The number of phenolic OH excluding ortho intramolecular Hbond substituents is 4. The van der Waals surface area contributed by atoms with Crippen LogP contribution in [0.15, 0.2) is 45.6 Å². The Balaban J connectivity index is 2.11. The third-order valence-corrected chi connectivity index (χ3v) is 5.73. The molecule has 3 aromatic carbocycles. The fraction of sp³-hybridized carbons (Fsp3) is 0.120. The fourth-order valence-electron chi connectivity index (χ4n) is 3.95. The Morgan fingerprint density at radius 1 is 0.919 bits per heavy atom. The lowest BCUT2D eigenvalue weighted by Crippen LogP contribution is -2.13. The largest absolute Gasteiger partial charge is 0.507 e. The Hall–Kier alpha value is -4.87. The highest BCUT2D eigenvalue weighted by Gasteiger charge is 2.31. The molecule has 0 bridgehead atoms. The van der Waals surface area contributed by atoms with Crippen LogP contribution in [0.25, 0.3) is 22.3 Å². The van der Waals surface area contributed by atoms with Crippen LogP contribution in [0.5, 0.6) is 28.7 Å². The quantitative estimate of drug-likeness (QED) is 0.149. The van der Waals surface area contributed by atoms with E-state index in [0.717, 1.165) is 25.3 Å². The van der Waals surface area contributed by atoms with Crippen molar-refractivity contribution < 1.29 is 52.7 Å². The van der Waals surface area contributed by atoms with E-state index in [0.29, 0.717) is 18.2 Å². The fourth-order valence-corrected chi connectivity index (χ4v) is 3.95. The molecule has 1 atom stereocenters. The second-order valence-electron chi connectivity index (χ2n) is 7.98. The standard InChI is InChI=1S/C25H17F3O9/c1-36-18(33)7-11(10-4-12(26)21(28)13(27)5-10)19-16(31)8-17(32)20-22(34)23(35)24(37-25(19)20)9-2-3-14(29)15(30)6-9/h2-6,8,11,29-32,35H,7H2,1H3/t11-/m0/s1. The molecule has 0 saturated carbocycles. The minimum atomic E-state index is -1.79. The van der Waals surface area contributed by atoms with E-state index in [4.69, 9.17) is 4.42 Å². The zero-order valence-corrected chi connectivity index (χ0v) is 18.8. The normalized spacial score (nSPS) is 12.0. The minimum Gasteiger partial charge on any atom is -0.507 e. The Labute approximate surface area is 204 Å². The zero-order chi connectivity index (χ0) is 27.2. The first kappa shape index (κ1) is 25.2. The number of phenols is 4. The summed E-state index contributed by atoms with van der Waals surface area (Å²) in [5.41, 5.74) is -2.70. The number of esters is 1. The Bertz CT molecular complexity index is 1610. The summed E-state index contributed by atoms with van der Waals surface area (Å²) in [5, 5.41) is 50.3. The maximum atomic E-state index is 14.1. The monoisotopic (exact) mass is 518 g/mol. The molecule has 0 saturated heterocycles.